The largest absolute Gasteiger partial charge is 0.480 e. The number of benzene rings is 2. The Morgan fingerprint density at radius 1 is 1.10 bits per heavy atom. The lowest BCUT2D eigenvalue weighted by molar-refractivity contribution is -0.151. The second kappa shape index (κ2) is 7.62. The summed E-state index contributed by atoms with van der Waals surface area (Å²) in [6.07, 6.45) is 0. The molecule has 2 aromatic rings. The van der Waals surface area contributed by atoms with Crippen molar-refractivity contribution in [1.82, 2.24) is 5.32 Å². The minimum Gasteiger partial charge on any atom is -0.480 e. The minimum atomic E-state index is -1.59. The maximum atomic E-state index is 13.6. The predicted octanol–water partition coefficient (Wildman–Crippen LogP) is 4.23. The number of carboxylic acids is 1. The molecule has 0 aliphatic carbocycles. The van der Waals surface area contributed by atoms with Crippen molar-refractivity contribution >= 4 is 46.7 Å². The summed E-state index contributed by atoms with van der Waals surface area (Å²) in [4.78, 5) is 40.8. The number of imide groups is 1. The summed E-state index contributed by atoms with van der Waals surface area (Å²) >= 11 is 12.2. The summed E-state index contributed by atoms with van der Waals surface area (Å²) in [5, 5.41) is 14.4. The minimum absolute atomic E-state index is 0.345. The van der Waals surface area contributed by atoms with E-state index in [1.165, 1.54) is 0 Å². The van der Waals surface area contributed by atoms with E-state index >= 15 is 0 Å². The maximum absolute atomic E-state index is 13.6. The smallest absolute Gasteiger partial charge is 0.325 e. The lowest BCUT2D eigenvalue weighted by atomic mass is 9.73. The van der Waals surface area contributed by atoms with Gasteiger partial charge in [-0.15, -0.1) is 0 Å². The van der Waals surface area contributed by atoms with Gasteiger partial charge in [0.1, 0.15) is 5.54 Å². The van der Waals surface area contributed by atoms with E-state index in [-0.39, 0.29) is 0 Å². The number of hydrogen-bond acceptors (Lipinski definition) is 4. The van der Waals surface area contributed by atoms with Gasteiger partial charge in [0.25, 0.3) is 0 Å². The highest BCUT2D eigenvalue weighted by molar-refractivity contribution is 6.32. The molecule has 2 saturated heterocycles. The highest BCUT2D eigenvalue weighted by Gasteiger charge is 2.69. The summed E-state index contributed by atoms with van der Waals surface area (Å²) in [5.74, 6) is -4.50. The van der Waals surface area contributed by atoms with Crippen LogP contribution in [0.4, 0.5) is 5.69 Å². The Morgan fingerprint density at radius 3 is 2.29 bits per heavy atom. The normalized spacial score (nSPS) is 27.8. The summed E-state index contributed by atoms with van der Waals surface area (Å²) in [7, 11) is 0. The van der Waals surface area contributed by atoms with Gasteiger partial charge in [0.15, 0.2) is 0 Å². The molecule has 4 atom stereocenters. The van der Waals surface area contributed by atoms with Crippen LogP contribution in [-0.4, -0.2) is 28.4 Å². The lowest BCUT2D eigenvalue weighted by Gasteiger charge is -2.34. The Labute approximate surface area is 190 Å². The predicted molar refractivity (Wildman–Crippen MR) is 118 cm³/mol. The van der Waals surface area contributed by atoms with Gasteiger partial charge in [-0.1, -0.05) is 55.2 Å². The summed E-state index contributed by atoms with van der Waals surface area (Å²) in [5.41, 5.74) is 0.267. The first kappa shape index (κ1) is 21.8. The molecule has 2 N–H and O–H groups in total. The zero-order valence-electron chi connectivity index (χ0n) is 17.2. The van der Waals surface area contributed by atoms with E-state index in [1.807, 2.05) is 6.92 Å². The number of nitrogens with one attached hydrogen (secondary N) is 1. The molecule has 4 unspecified atom stereocenters. The van der Waals surface area contributed by atoms with Crippen LogP contribution in [0, 0.1) is 24.7 Å². The number of nitrogens with zero attached hydrogens (tertiary/aromatic N) is 1. The molecule has 2 aliphatic heterocycles. The van der Waals surface area contributed by atoms with Gasteiger partial charge in [-0.2, -0.15) is 0 Å². The first-order chi connectivity index (χ1) is 14.6. The van der Waals surface area contributed by atoms with Gasteiger partial charge < -0.3 is 5.11 Å². The van der Waals surface area contributed by atoms with Crippen LogP contribution in [0.3, 0.4) is 0 Å². The molecule has 31 heavy (non-hydrogen) atoms. The SMILES string of the molecule is Cc1ccc(N2C(=O)C3C(c4ccc(Cl)cc4)NC(C(=O)O)(C(C)C)C3C2=O)cc1Cl. The molecule has 0 radical (unpaired) electrons. The van der Waals surface area contributed by atoms with E-state index < -0.39 is 47.1 Å². The molecule has 6 nitrogen and oxygen atoms in total. The number of anilines is 1. The molecule has 2 aliphatic rings. The van der Waals surface area contributed by atoms with Crippen LogP contribution in [0.2, 0.25) is 10.0 Å². The number of carboxylic acid groups (broad SMARTS) is 1. The highest BCUT2D eigenvalue weighted by atomic mass is 35.5. The van der Waals surface area contributed by atoms with Crippen molar-refractivity contribution < 1.29 is 19.5 Å². The van der Waals surface area contributed by atoms with Crippen LogP contribution in [0.1, 0.15) is 31.0 Å². The number of aliphatic carboxylic acids is 1. The maximum Gasteiger partial charge on any atom is 0.325 e. The molecule has 2 fully saturated rings. The molecule has 0 aromatic heterocycles. The van der Waals surface area contributed by atoms with Crippen molar-refractivity contribution in [2.24, 2.45) is 17.8 Å². The van der Waals surface area contributed by atoms with Crippen molar-refractivity contribution in [2.75, 3.05) is 4.90 Å². The molecule has 162 valence electrons. The fraction of sp³-hybridized carbons (Fsp3) is 0.348. The van der Waals surface area contributed by atoms with E-state index in [4.69, 9.17) is 23.2 Å². The molecule has 2 heterocycles. The standard InChI is InChI=1S/C23H22Cl2N2O4/c1-11(2)23(22(30)31)18-17(19(26-23)13-5-7-14(24)8-6-13)20(28)27(21(18)29)15-9-4-12(3)16(25)10-15/h4-11,17-19,26H,1-3H3,(H,30,31). The van der Waals surface area contributed by atoms with Crippen LogP contribution >= 0.6 is 23.2 Å². The average Bonchev–Trinajstić information content (AvgIpc) is 3.20. The summed E-state index contributed by atoms with van der Waals surface area (Å²) < 4.78 is 0. The zero-order chi connectivity index (χ0) is 22.7. The van der Waals surface area contributed by atoms with Crippen molar-refractivity contribution in [3.8, 4) is 0 Å². The number of aryl methyl sites for hydroxylation is 1. The molecule has 2 aromatic carbocycles. The first-order valence-corrected chi connectivity index (χ1v) is 10.8. The lowest BCUT2D eigenvalue weighted by Crippen LogP contribution is -2.59. The van der Waals surface area contributed by atoms with Gasteiger partial charge in [0, 0.05) is 16.1 Å². The quantitative estimate of drug-likeness (QED) is 0.666. The zero-order valence-corrected chi connectivity index (χ0v) is 18.7. The van der Waals surface area contributed by atoms with Crippen LogP contribution in [0.25, 0.3) is 0 Å². The number of fused-ring (bicyclic) bond motifs is 1. The Kier molecular flexibility index (Phi) is 5.36. The highest BCUT2D eigenvalue weighted by Crippen LogP contribution is 2.52. The number of hydrogen-bond donors (Lipinski definition) is 2. The first-order valence-electron chi connectivity index (χ1n) is 10.00. The molecule has 2 amide bonds. The van der Waals surface area contributed by atoms with E-state index in [9.17, 15) is 19.5 Å². The van der Waals surface area contributed by atoms with Crippen molar-refractivity contribution in [2.45, 2.75) is 32.4 Å². The number of amides is 2. The number of halogens is 2. The Hall–Kier alpha value is -2.41. The number of rotatable bonds is 4. The third-order valence-corrected chi connectivity index (χ3v) is 7.16. The summed E-state index contributed by atoms with van der Waals surface area (Å²) in [6, 6.07) is 11.2. The summed E-state index contributed by atoms with van der Waals surface area (Å²) in [6.45, 7) is 5.31. The van der Waals surface area contributed by atoms with Crippen LogP contribution < -0.4 is 10.2 Å². The second-order valence-corrected chi connectivity index (χ2v) is 9.29. The molecule has 8 heteroatoms. The van der Waals surface area contributed by atoms with Gasteiger partial charge >= 0.3 is 5.97 Å². The molecule has 0 spiro atoms. The molecule has 4 rings (SSSR count). The molecular formula is C23H22Cl2N2O4. The van der Waals surface area contributed by atoms with Crippen molar-refractivity contribution in [1.29, 1.82) is 0 Å². The van der Waals surface area contributed by atoms with Crippen molar-refractivity contribution in [3.63, 3.8) is 0 Å². The topological polar surface area (TPSA) is 86.7 Å². The number of carbonyl (C=O) groups is 3. The van der Waals surface area contributed by atoms with E-state index in [2.05, 4.69) is 5.32 Å². The van der Waals surface area contributed by atoms with Crippen molar-refractivity contribution in [3.05, 3.63) is 63.6 Å². The Balaban J connectivity index is 1.88. The fourth-order valence-electron chi connectivity index (χ4n) is 4.85. The van der Waals surface area contributed by atoms with Gasteiger partial charge in [0.2, 0.25) is 11.8 Å². The van der Waals surface area contributed by atoms with E-state index in [1.54, 1.807) is 56.3 Å². The van der Waals surface area contributed by atoms with E-state index in [0.717, 1.165) is 10.5 Å². The Morgan fingerprint density at radius 2 is 1.74 bits per heavy atom. The average molecular weight is 461 g/mol. The van der Waals surface area contributed by atoms with Gasteiger partial charge in [-0.25, -0.2) is 4.90 Å². The van der Waals surface area contributed by atoms with Crippen LogP contribution in [0.15, 0.2) is 42.5 Å². The number of carbonyl (C=O) groups excluding carboxylic acids is 2. The van der Waals surface area contributed by atoms with Crippen LogP contribution in [-0.2, 0) is 14.4 Å². The van der Waals surface area contributed by atoms with Gasteiger partial charge in [0.05, 0.1) is 17.5 Å². The second-order valence-electron chi connectivity index (χ2n) is 8.45. The fourth-order valence-corrected chi connectivity index (χ4v) is 5.15. The molecule has 0 bridgehead atoms. The van der Waals surface area contributed by atoms with Crippen LogP contribution in [0.5, 0.6) is 0 Å². The monoisotopic (exact) mass is 460 g/mol. The third kappa shape index (κ3) is 3.16. The van der Waals surface area contributed by atoms with E-state index in [0.29, 0.717) is 21.3 Å². The Bertz CT molecular complexity index is 1090. The van der Waals surface area contributed by atoms with Gasteiger partial charge in [-0.05, 0) is 48.2 Å². The van der Waals surface area contributed by atoms with Gasteiger partial charge in [-0.3, -0.25) is 19.7 Å². The third-order valence-electron chi connectivity index (χ3n) is 6.50. The molecule has 0 saturated carbocycles. The molecular weight excluding hydrogens is 439 g/mol.